The van der Waals surface area contributed by atoms with Gasteiger partial charge in [-0.2, -0.15) is 0 Å². The molecular formula is C17H30O. The van der Waals surface area contributed by atoms with Gasteiger partial charge in [-0.1, -0.05) is 19.4 Å². The zero-order chi connectivity index (χ0) is 12.8. The molecule has 1 saturated heterocycles. The van der Waals surface area contributed by atoms with E-state index in [1.807, 2.05) is 0 Å². The summed E-state index contributed by atoms with van der Waals surface area (Å²) < 4.78 is 6.12. The second-order valence-electron chi connectivity index (χ2n) is 6.34. The van der Waals surface area contributed by atoms with Crippen LogP contribution in [0.15, 0.2) is 12.7 Å². The molecule has 0 spiro atoms. The Morgan fingerprint density at radius 1 is 0.944 bits per heavy atom. The van der Waals surface area contributed by atoms with Crippen LogP contribution in [-0.2, 0) is 4.74 Å². The standard InChI is InChI=1S/C17H30O/c1-3-5-16-12-13-17(18-16)11-10-15-8-6-14(4-2)7-9-15/h4,14-17H,2-3,5-13H2,1H3. The number of allylic oxidation sites excluding steroid dienone is 1. The highest BCUT2D eigenvalue weighted by Gasteiger charge is 2.26. The highest BCUT2D eigenvalue weighted by Crippen LogP contribution is 2.34. The van der Waals surface area contributed by atoms with Gasteiger partial charge in [0.25, 0.3) is 0 Å². The monoisotopic (exact) mass is 250 g/mol. The lowest BCUT2D eigenvalue weighted by Gasteiger charge is -2.27. The molecule has 1 saturated carbocycles. The molecule has 0 aromatic heterocycles. The molecule has 1 nitrogen and oxygen atoms in total. The highest BCUT2D eigenvalue weighted by atomic mass is 16.5. The summed E-state index contributed by atoms with van der Waals surface area (Å²) in [4.78, 5) is 0. The zero-order valence-electron chi connectivity index (χ0n) is 12.1. The van der Waals surface area contributed by atoms with Gasteiger partial charge in [-0.05, 0) is 69.6 Å². The summed E-state index contributed by atoms with van der Waals surface area (Å²) in [5, 5.41) is 0. The van der Waals surface area contributed by atoms with Crippen LogP contribution in [0.25, 0.3) is 0 Å². The van der Waals surface area contributed by atoms with E-state index in [2.05, 4.69) is 19.6 Å². The molecule has 0 amide bonds. The molecule has 104 valence electrons. The van der Waals surface area contributed by atoms with E-state index in [-0.39, 0.29) is 0 Å². The van der Waals surface area contributed by atoms with Gasteiger partial charge in [-0.25, -0.2) is 0 Å². The van der Waals surface area contributed by atoms with Crippen molar-refractivity contribution >= 4 is 0 Å². The van der Waals surface area contributed by atoms with E-state index in [1.54, 1.807) is 0 Å². The third kappa shape index (κ3) is 4.12. The van der Waals surface area contributed by atoms with Crippen LogP contribution in [0.5, 0.6) is 0 Å². The molecule has 0 radical (unpaired) electrons. The van der Waals surface area contributed by atoms with Gasteiger partial charge in [0.05, 0.1) is 12.2 Å². The summed E-state index contributed by atoms with van der Waals surface area (Å²) in [6, 6.07) is 0. The summed E-state index contributed by atoms with van der Waals surface area (Å²) in [6.45, 7) is 6.18. The van der Waals surface area contributed by atoms with Crippen molar-refractivity contribution in [3.63, 3.8) is 0 Å². The van der Waals surface area contributed by atoms with E-state index in [1.165, 1.54) is 64.2 Å². The Morgan fingerprint density at radius 2 is 1.61 bits per heavy atom. The number of ether oxygens (including phenoxy) is 1. The predicted octanol–water partition coefficient (Wildman–Crippen LogP) is 5.11. The maximum absolute atomic E-state index is 6.12. The van der Waals surface area contributed by atoms with Gasteiger partial charge in [0, 0.05) is 0 Å². The Kier molecular flexibility index (Phi) is 5.75. The van der Waals surface area contributed by atoms with Crippen molar-refractivity contribution in [1.82, 2.24) is 0 Å². The second kappa shape index (κ2) is 7.33. The lowest BCUT2D eigenvalue weighted by atomic mass is 9.79. The van der Waals surface area contributed by atoms with Crippen molar-refractivity contribution in [2.75, 3.05) is 0 Å². The lowest BCUT2D eigenvalue weighted by Crippen LogP contribution is -2.16. The largest absolute Gasteiger partial charge is 0.375 e. The van der Waals surface area contributed by atoms with Gasteiger partial charge in [-0.3, -0.25) is 0 Å². The first-order valence-corrected chi connectivity index (χ1v) is 8.09. The van der Waals surface area contributed by atoms with Crippen molar-refractivity contribution < 1.29 is 4.74 Å². The SMILES string of the molecule is C=CC1CCC(CCC2CCC(CCC)O2)CC1. The first-order chi connectivity index (χ1) is 8.81. The van der Waals surface area contributed by atoms with Crippen LogP contribution in [0.3, 0.4) is 0 Å². The Balaban J connectivity index is 1.60. The van der Waals surface area contributed by atoms with Gasteiger partial charge >= 0.3 is 0 Å². The first-order valence-electron chi connectivity index (χ1n) is 8.09. The van der Waals surface area contributed by atoms with Crippen LogP contribution in [0, 0.1) is 11.8 Å². The smallest absolute Gasteiger partial charge is 0.0580 e. The van der Waals surface area contributed by atoms with Gasteiger partial charge in [0.2, 0.25) is 0 Å². The first kappa shape index (κ1) is 14.1. The minimum absolute atomic E-state index is 0.580. The van der Waals surface area contributed by atoms with E-state index >= 15 is 0 Å². The molecule has 0 aromatic rings. The molecule has 0 aromatic carbocycles. The van der Waals surface area contributed by atoms with Crippen molar-refractivity contribution in [3.05, 3.63) is 12.7 Å². The molecule has 1 aliphatic carbocycles. The van der Waals surface area contributed by atoms with E-state index in [9.17, 15) is 0 Å². The molecule has 1 aliphatic heterocycles. The molecule has 1 heterocycles. The summed E-state index contributed by atoms with van der Waals surface area (Å²) in [6.07, 6.45) is 16.8. The molecule has 0 bridgehead atoms. The molecule has 2 rings (SSSR count). The normalized spacial score (nSPS) is 36.7. The minimum Gasteiger partial charge on any atom is -0.375 e. The molecule has 0 N–H and O–H groups in total. The Hall–Kier alpha value is -0.300. The quantitative estimate of drug-likeness (QED) is 0.595. The van der Waals surface area contributed by atoms with Crippen LogP contribution in [-0.4, -0.2) is 12.2 Å². The lowest BCUT2D eigenvalue weighted by molar-refractivity contribution is 0.0312. The summed E-state index contributed by atoms with van der Waals surface area (Å²) in [5.74, 6) is 1.77. The molecule has 2 atom stereocenters. The maximum Gasteiger partial charge on any atom is 0.0580 e. The average molecular weight is 250 g/mol. The maximum atomic E-state index is 6.12. The van der Waals surface area contributed by atoms with Gasteiger partial charge in [-0.15, -0.1) is 6.58 Å². The van der Waals surface area contributed by atoms with E-state index in [0.29, 0.717) is 12.2 Å². The minimum atomic E-state index is 0.580. The average Bonchev–Trinajstić information content (AvgIpc) is 2.85. The van der Waals surface area contributed by atoms with E-state index < -0.39 is 0 Å². The third-order valence-corrected chi connectivity index (χ3v) is 4.93. The van der Waals surface area contributed by atoms with Crippen LogP contribution < -0.4 is 0 Å². The fourth-order valence-corrected chi connectivity index (χ4v) is 3.66. The van der Waals surface area contributed by atoms with Gasteiger partial charge in [0.15, 0.2) is 0 Å². The van der Waals surface area contributed by atoms with Crippen LogP contribution >= 0.6 is 0 Å². The summed E-state index contributed by atoms with van der Waals surface area (Å²) in [5.41, 5.74) is 0. The van der Waals surface area contributed by atoms with Crippen molar-refractivity contribution in [3.8, 4) is 0 Å². The van der Waals surface area contributed by atoms with Crippen molar-refractivity contribution in [2.24, 2.45) is 11.8 Å². The third-order valence-electron chi connectivity index (χ3n) is 4.93. The van der Waals surface area contributed by atoms with Crippen molar-refractivity contribution in [2.45, 2.75) is 83.3 Å². The van der Waals surface area contributed by atoms with E-state index in [4.69, 9.17) is 4.74 Å². The van der Waals surface area contributed by atoms with Crippen molar-refractivity contribution in [1.29, 1.82) is 0 Å². The second-order valence-corrected chi connectivity index (χ2v) is 6.34. The Bertz CT molecular complexity index is 240. The fraction of sp³-hybridized carbons (Fsp3) is 0.882. The van der Waals surface area contributed by atoms with Gasteiger partial charge in [0.1, 0.15) is 0 Å². The number of rotatable bonds is 6. The molecule has 18 heavy (non-hydrogen) atoms. The summed E-state index contributed by atoms with van der Waals surface area (Å²) in [7, 11) is 0. The fourth-order valence-electron chi connectivity index (χ4n) is 3.66. The number of hydrogen-bond acceptors (Lipinski definition) is 1. The molecule has 1 heteroatoms. The molecular weight excluding hydrogens is 220 g/mol. The van der Waals surface area contributed by atoms with Crippen LogP contribution in [0.2, 0.25) is 0 Å². The highest BCUT2D eigenvalue weighted by molar-refractivity contribution is 4.84. The Labute approximate surface area is 113 Å². The molecule has 2 aliphatic rings. The topological polar surface area (TPSA) is 9.23 Å². The van der Waals surface area contributed by atoms with Crippen LogP contribution in [0.1, 0.15) is 71.1 Å². The molecule has 2 unspecified atom stereocenters. The van der Waals surface area contributed by atoms with E-state index in [0.717, 1.165) is 11.8 Å². The van der Waals surface area contributed by atoms with Crippen LogP contribution in [0.4, 0.5) is 0 Å². The Morgan fingerprint density at radius 3 is 2.22 bits per heavy atom. The summed E-state index contributed by atoms with van der Waals surface area (Å²) >= 11 is 0. The van der Waals surface area contributed by atoms with Gasteiger partial charge < -0.3 is 4.74 Å². The predicted molar refractivity (Wildman–Crippen MR) is 77.7 cm³/mol. The number of hydrogen-bond donors (Lipinski definition) is 0. The molecule has 2 fully saturated rings. The zero-order valence-corrected chi connectivity index (χ0v) is 12.1.